The fourth-order valence-electron chi connectivity index (χ4n) is 2.79. The Morgan fingerprint density at radius 1 is 1.50 bits per heavy atom. The molecule has 0 saturated carbocycles. The number of hydrogen-bond donors (Lipinski definition) is 1. The van der Waals surface area contributed by atoms with Crippen molar-refractivity contribution < 1.29 is 9.90 Å². The molecule has 1 fully saturated rings. The van der Waals surface area contributed by atoms with Crippen LogP contribution in [0.4, 0.5) is 0 Å². The standard InChI is InChI=1S/C13H17N5O2/c1-2-11-10(6-14-13-15-8-16-18(11)13)12(20)17-5-3-4-9(17)7-19/h6,8-9,19H,2-5,7H2,1H3/t9-/m0/s1. The van der Waals surface area contributed by atoms with Crippen molar-refractivity contribution in [3.8, 4) is 0 Å². The van der Waals surface area contributed by atoms with Crippen LogP contribution in [0.3, 0.4) is 0 Å². The average molecular weight is 275 g/mol. The molecule has 1 amide bonds. The normalized spacial score (nSPS) is 18.9. The number of carbonyl (C=O) groups excluding carboxylic acids is 1. The first-order valence-corrected chi connectivity index (χ1v) is 6.85. The molecule has 1 atom stereocenters. The number of likely N-dealkylation sites (tertiary alicyclic amines) is 1. The molecular formula is C13H17N5O2. The summed E-state index contributed by atoms with van der Waals surface area (Å²) in [4.78, 5) is 22.6. The zero-order valence-corrected chi connectivity index (χ0v) is 11.4. The van der Waals surface area contributed by atoms with Crippen LogP contribution in [0.15, 0.2) is 12.5 Å². The van der Waals surface area contributed by atoms with Crippen LogP contribution in [0.5, 0.6) is 0 Å². The zero-order chi connectivity index (χ0) is 14.1. The third-order valence-corrected chi connectivity index (χ3v) is 3.82. The van der Waals surface area contributed by atoms with Crippen molar-refractivity contribution in [2.24, 2.45) is 0 Å². The van der Waals surface area contributed by atoms with Crippen molar-refractivity contribution in [1.82, 2.24) is 24.5 Å². The maximum atomic E-state index is 12.7. The predicted molar refractivity (Wildman–Crippen MR) is 71.3 cm³/mol. The lowest BCUT2D eigenvalue weighted by atomic mass is 10.1. The maximum absolute atomic E-state index is 12.7. The first-order valence-electron chi connectivity index (χ1n) is 6.85. The molecule has 0 spiro atoms. The molecule has 3 rings (SSSR count). The van der Waals surface area contributed by atoms with Crippen LogP contribution in [-0.4, -0.2) is 54.7 Å². The number of aromatic nitrogens is 4. The maximum Gasteiger partial charge on any atom is 0.257 e. The number of aryl methyl sites for hydroxylation is 1. The molecule has 20 heavy (non-hydrogen) atoms. The second kappa shape index (κ2) is 5.16. The molecule has 2 aromatic rings. The summed E-state index contributed by atoms with van der Waals surface area (Å²) in [5, 5.41) is 13.5. The highest BCUT2D eigenvalue weighted by atomic mass is 16.3. The molecule has 1 saturated heterocycles. The Hall–Kier alpha value is -2.02. The highest BCUT2D eigenvalue weighted by molar-refractivity contribution is 5.95. The van der Waals surface area contributed by atoms with Gasteiger partial charge in [-0.25, -0.2) is 9.50 Å². The highest BCUT2D eigenvalue weighted by Gasteiger charge is 2.30. The van der Waals surface area contributed by atoms with E-state index in [4.69, 9.17) is 0 Å². The smallest absolute Gasteiger partial charge is 0.257 e. The monoisotopic (exact) mass is 275 g/mol. The minimum Gasteiger partial charge on any atom is -0.394 e. The van der Waals surface area contributed by atoms with Gasteiger partial charge in [-0.15, -0.1) is 0 Å². The van der Waals surface area contributed by atoms with Crippen molar-refractivity contribution in [3.05, 3.63) is 23.8 Å². The molecule has 7 nitrogen and oxygen atoms in total. The summed E-state index contributed by atoms with van der Waals surface area (Å²) in [6, 6.07) is -0.0846. The SMILES string of the molecule is CCc1c(C(=O)N2CCC[C@H]2CO)cnc2ncnn12. The minimum atomic E-state index is -0.0846. The Morgan fingerprint density at radius 3 is 3.10 bits per heavy atom. The van der Waals surface area contributed by atoms with Gasteiger partial charge in [0.15, 0.2) is 0 Å². The van der Waals surface area contributed by atoms with Crippen molar-refractivity contribution in [1.29, 1.82) is 0 Å². The second-order valence-electron chi connectivity index (χ2n) is 4.92. The van der Waals surface area contributed by atoms with Gasteiger partial charge >= 0.3 is 0 Å². The van der Waals surface area contributed by atoms with E-state index in [1.54, 1.807) is 15.6 Å². The van der Waals surface area contributed by atoms with E-state index in [-0.39, 0.29) is 18.6 Å². The molecule has 0 aliphatic carbocycles. The Morgan fingerprint density at radius 2 is 2.35 bits per heavy atom. The summed E-state index contributed by atoms with van der Waals surface area (Å²) in [6.45, 7) is 2.66. The van der Waals surface area contributed by atoms with Crippen molar-refractivity contribution in [2.75, 3.05) is 13.2 Å². The van der Waals surface area contributed by atoms with Crippen molar-refractivity contribution in [3.63, 3.8) is 0 Å². The molecule has 2 aromatic heterocycles. The summed E-state index contributed by atoms with van der Waals surface area (Å²) in [5.41, 5.74) is 1.35. The van der Waals surface area contributed by atoms with E-state index >= 15 is 0 Å². The second-order valence-corrected chi connectivity index (χ2v) is 4.92. The summed E-state index contributed by atoms with van der Waals surface area (Å²) >= 11 is 0. The number of nitrogens with zero attached hydrogens (tertiary/aromatic N) is 5. The Balaban J connectivity index is 2.02. The first-order chi connectivity index (χ1) is 9.76. The number of carbonyl (C=O) groups is 1. The van der Waals surface area contributed by atoms with Gasteiger partial charge in [0.2, 0.25) is 0 Å². The van der Waals surface area contributed by atoms with Crippen LogP contribution in [0.1, 0.15) is 35.8 Å². The van der Waals surface area contributed by atoms with Gasteiger partial charge in [0.25, 0.3) is 11.7 Å². The first kappa shape index (κ1) is 13.0. The lowest BCUT2D eigenvalue weighted by molar-refractivity contribution is 0.0675. The van der Waals surface area contributed by atoms with Gasteiger partial charge in [0.1, 0.15) is 6.33 Å². The topological polar surface area (TPSA) is 83.6 Å². The molecule has 7 heteroatoms. The lowest BCUT2D eigenvalue weighted by Gasteiger charge is -2.23. The molecule has 0 unspecified atom stereocenters. The molecule has 1 aliphatic heterocycles. The molecule has 0 bridgehead atoms. The third kappa shape index (κ3) is 1.94. The molecule has 1 aliphatic rings. The quantitative estimate of drug-likeness (QED) is 0.870. The summed E-state index contributed by atoms with van der Waals surface area (Å²) in [7, 11) is 0. The Bertz CT molecular complexity index is 639. The predicted octanol–water partition coefficient (Wildman–Crippen LogP) is 0.284. The molecular weight excluding hydrogens is 258 g/mol. The van der Waals surface area contributed by atoms with E-state index < -0.39 is 0 Å². The van der Waals surface area contributed by atoms with E-state index in [0.717, 1.165) is 18.5 Å². The summed E-state index contributed by atoms with van der Waals surface area (Å²) in [5.74, 6) is 0.418. The lowest BCUT2D eigenvalue weighted by Crippen LogP contribution is -2.38. The minimum absolute atomic E-state index is 0.00615. The van der Waals surface area contributed by atoms with Gasteiger partial charge in [0, 0.05) is 12.7 Å². The van der Waals surface area contributed by atoms with Crippen molar-refractivity contribution >= 4 is 11.7 Å². The van der Waals surface area contributed by atoms with Crippen LogP contribution >= 0.6 is 0 Å². The zero-order valence-electron chi connectivity index (χ0n) is 11.4. The van der Waals surface area contributed by atoms with E-state index in [1.807, 2.05) is 6.92 Å². The molecule has 106 valence electrons. The average Bonchev–Trinajstić information content (AvgIpc) is 3.13. The Labute approximate surface area is 116 Å². The fourth-order valence-corrected chi connectivity index (χ4v) is 2.79. The molecule has 0 radical (unpaired) electrons. The van der Waals surface area contributed by atoms with Crippen LogP contribution in [-0.2, 0) is 6.42 Å². The number of rotatable bonds is 3. The van der Waals surface area contributed by atoms with Gasteiger partial charge in [-0.3, -0.25) is 4.79 Å². The molecule has 0 aromatic carbocycles. The van der Waals surface area contributed by atoms with E-state index in [9.17, 15) is 9.90 Å². The van der Waals surface area contributed by atoms with Gasteiger partial charge < -0.3 is 10.0 Å². The fraction of sp³-hybridized carbons (Fsp3) is 0.538. The third-order valence-electron chi connectivity index (χ3n) is 3.82. The van der Waals surface area contributed by atoms with Crippen LogP contribution < -0.4 is 0 Å². The van der Waals surface area contributed by atoms with E-state index in [2.05, 4.69) is 15.1 Å². The summed E-state index contributed by atoms with van der Waals surface area (Å²) < 4.78 is 1.61. The number of fused-ring (bicyclic) bond motifs is 1. The number of hydrogen-bond acceptors (Lipinski definition) is 5. The number of aliphatic hydroxyl groups excluding tert-OH is 1. The van der Waals surface area contributed by atoms with Gasteiger partial charge in [0.05, 0.1) is 23.9 Å². The largest absolute Gasteiger partial charge is 0.394 e. The van der Waals surface area contributed by atoms with Crippen molar-refractivity contribution in [2.45, 2.75) is 32.2 Å². The van der Waals surface area contributed by atoms with Gasteiger partial charge in [-0.2, -0.15) is 10.1 Å². The summed E-state index contributed by atoms with van der Waals surface area (Å²) in [6.07, 6.45) is 5.45. The Kier molecular flexibility index (Phi) is 3.35. The van der Waals surface area contributed by atoms with E-state index in [0.29, 0.717) is 24.3 Å². The van der Waals surface area contributed by atoms with Gasteiger partial charge in [-0.05, 0) is 19.3 Å². The van der Waals surface area contributed by atoms with Crippen LogP contribution in [0.25, 0.3) is 5.78 Å². The highest BCUT2D eigenvalue weighted by Crippen LogP contribution is 2.21. The van der Waals surface area contributed by atoms with Crippen LogP contribution in [0, 0.1) is 0 Å². The van der Waals surface area contributed by atoms with Gasteiger partial charge in [-0.1, -0.05) is 6.92 Å². The molecule has 1 N–H and O–H groups in total. The number of amides is 1. The van der Waals surface area contributed by atoms with Crippen LogP contribution in [0.2, 0.25) is 0 Å². The number of aliphatic hydroxyl groups is 1. The van der Waals surface area contributed by atoms with E-state index in [1.165, 1.54) is 6.33 Å². The molecule has 3 heterocycles.